The fourth-order valence-electron chi connectivity index (χ4n) is 1.80. The molecule has 1 atom stereocenters. The van der Waals surface area contributed by atoms with E-state index in [0.29, 0.717) is 0 Å². The Morgan fingerprint density at radius 2 is 2.18 bits per heavy atom. The van der Waals surface area contributed by atoms with Crippen molar-refractivity contribution in [2.45, 2.75) is 45.1 Å². The lowest BCUT2D eigenvalue weighted by Crippen LogP contribution is -2.30. The predicted molar refractivity (Wildman–Crippen MR) is 69.9 cm³/mol. The van der Waals surface area contributed by atoms with E-state index in [0.717, 1.165) is 38.8 Å². The maximum absolute atomic E-state index is 10.2. The Morgan fingerprint density at radius 1 is 1.41 bits per heavy atom. The molecule has 1 heterocycles. The van der Waals surface area contributed by atoms with Crippen molar-refractivity contribution in [3.63, 3.8) is 0 Å². The lowest BCUT2D eigenvalue weighted by Gasteiger charge is -2.23. The second-order valence-electron chi connectivity index (χ2n) is 5.02. The molecule has 0 amide bonds. The Morgan fingerprint density at radius 3 is 2.76 bits per heavy atom. The molecule has 0 aromatic carbocycles. The zero-order chi connectivity index (χ0) is 12.7. The molecule has 0 spiro atoms. The molecule has 1 unspecified atom stereocenters. The smallest absolute Gasteiger partial charge is 0.0635 e. The molecule has 1 aromatic heterocycles. The molecule has 0 aliphatic rings. The van der Waals surface area contributed by atoms with E-state index < -0.39 is 5.60 Å². The van der Waals surface area contributed by atoms with Crippen LogP contribution in [-0.4, -0.2) is 33.6 Å². The number of hydrogen-bond donors (Lipinski definition) is 2. The van der Waals surface area contributed by atoms with Gasteiger partial charge in [0.05, 0.1) is 11.8 Å². The maximum Gasteiger partial charge on any atom is 0.0635 e. The molecule has 1 rings (SSSR count). The lowest BCUT2D eigenvalue weighted by atomic mass is 9.94. The number of rotatable bonds is 8. The predicted octanol–water partition coefficient (Wildman–Crippen LogP) is 1.49. The average molecular weight is 239 g/mol. The molecule has 2 N–H and O–H groups in total. The molecule has 4 heteroatoms. The van der Waals surface area contributed by atoms with Gasteiger partial charge in [0.15, 0.2) is 0 Å². The number of aromatic nitrogens is 2. The number of nitrogens with one attached hydrogen (secondary N) is 1. The minimum Gasteiger partial charge on any atom is -0.390 e. The second-order valence-corrected chi connectivity index (χ2v) is 5.02. The number of hydrogen-bond acceptors (Lipinski definition) is 3. The van der Waals surface area contributed by atoms with Gasteiger partial charge in [0.25, 0.3) is 0 Å². The summed E-state index contributed by atoms with van der Waals surface area (Å²) in [6.45, 7) is 5.97. The molecule has 0 fully saturated rings. The van der Waals surface area contributed by atoms with Gasteiger partial charge in [-0.1, -0.05) is 6.92 Å². The van der Waals surface area contributed by atoms with Crippen molar-refractivity contribution in [1.29, 1.82) is 0 Å². The van der Waals surface area contributed by atoms with Gasteiger partial charge >= 0.3 is 0 Å². The Bertz CT molecular complexity index is 320. The first-order chi connectivity index (χ1) is 8.03. The summed E-state index contributed by atoms with van der Waals surface area (Å²) in [5, 5.41) is 17.7. The quantitative estimate of drug-likeness (QED) is 0.676. The minimum absolute atomic E-state index is 0.587. The van der Waals surface area contributed by atoms with Gasteiger partial charge in [-0.15, -0.1) is 0 Å². The summed E-state index contributed by atoms with van der Waals surface area (Å²) in [7, 11) is 1.91. The van der Waals surface area contributed by atoms with Crippen LogP contribution in [0.2, 0.25) is 0 Å². The van der Waals surface area contributed by atoms with E-state index in [9.17, 15) is 5.11 Å². The van der Waals surface area contributed by atoms with E-state index in [-0.39, 0.29) is 0 Å². The van der Waals surface area contributed by atoms with Crippen LogP contribution in [0.5, 0.6) is 0 Å². The Hall–Kier alpha value is -0.870. The molecular formula is C13H25N3O. The van der Waals surface area contributed by atoms with Crippen molar-refractivity contribution >= 4 is 0 Å². The summed E-state index contributed by atoms with van der Waals surface area (Å²) in [5.74, 6) is 0. The van der Waals surface area contributed by atoms with Gasteiger partial charge in [0.2, 0.25) is 0 Å². The second kappa shape index (κ2) is 6.77. The van der Waals surface area contributed by atoms with Crippen LogP contribution in [0.15, 0.2) is 12.4 Å². The fraction of sp³-hybridized carbons (Fsp3) is 0.769. The third-order valence-electron chi connectivity index (χ3n) is 2.98. The highest BCUT2D eigenvalue weighted by Gasteiger charge is 2.19. The van der Waals surface area contributed by atoms with Crippen LogP contribution in [-0.2, 0) is 13.5 Å². The first kappa shape index (κ1) is 14.2. The molecule has 98 valence electrons. The lowest BCUT2D eigenvalue weighted by molar-refractivity contribution is 0.0426. The Labute approximate surface area is 104 Å². The van der Waals surface area contributed by atoms with Gasteiger partial charge in [0, 0.05) is 13.2 Å². The molecule has 1 aromatic rings. The van der Waals surface area contributed by atoms with Gasteiger partial charge in [-0.3, -0.25) is 4.68 Å². The average Bonchev–Trinajstić information content (AvgIpc) is 2.68. The van der Waals surface area contributed by atoms with Gasteiger partial charge in [-0.05, 0) is 51.3 Å². The first-order valence-electron chi connectivity index (χ1n) is 6.44. The summed E-state index contributed by atoms with van der Waals surface area (Å²) < 4.78 is 1.80. The summed E-state index contributed by atoms with van der Waals surface area (Å²) in [5.41, 5.74) is 0.602. The van der Waals surface area contributed by atoms with Crippen LogP contribution in [0.3, 0.4) is 0 Å². The number of nitrogens with zero attached hydrogens (tertiary/aromatic N) is 2. The van der Waals surface area contributed by atoms with E-state index >= 15 is 0 Å². The molecule has 4 nitrogen and oxygen atoms in total. The molecule has 0 saturated carbocycles. The fourth-order valence-corrected chi connectivity index (χ4v) is 1.80. The van der Waals surface area contributed by atoms with Crippen molar-refractivity contribution in [3.05, 3.63) is 18.0 Å². The summed E-state index contributed by atoms with van der Waals surface area (Å²) in [6, 6.07) is 0. The van der Waals surface area contributed by atoms with E-state index in [1.807, 2.05) is 26.4 Å². The topological polar surface area (TPSA) is 50.1 Å². The third-order valence-corrected chi connectivity index (χ3v) is 2.98. The third kappa shape index (κ3) is 5.84. The summed E-state index contributed by atoms with van der Waals surface area (Å²) >= 11 is 0. The zero-order valence-corrected chi connectivity index (χ0v) is 11.2. The van der Waals surface area contributed by atoms with Crippen molar-refractivity contribution in [3.8, 4) is 0 Å². The highest BCUT2D eigenvalue weighted by molar-refractivity contribution is 5.04. The zero-order valence-electron chi connectivity index (χ0n) is 11.2. The molecule has 0 saturated heterocycles. The number of aryl methyl sites for hydroxylation is 2. The summed E-state index contributed by atoms with van der Waals surface area (Å²) in [4.78, 5) is 0. The van der Waals surface area contributed by atoms with Gasteiger partial charge in [-0.2, -0.15) is 5.10 Å². The van der Waals surface area contributed by atoms with Crippen molar-refractivity contribution in [1.82, 2.24) is 15.1 Å². The van der Waals surface area contributed by atoms with Crippen molar-refractivity contribution in [2.75, 3.05) is 13.1 Å². The monoisotopic (exact) mass is 239 g/mol. The van der Waals surface area contributed by atoms with Gasteiger partial charge in [0.1, 0.15) is 0 Å². The highest BCUT2D eigenvalue weighted by atomic mass is 16.3. The van der Waals surface area contributed by atoms with Crippen LogP contribution in [0.1, 0.15) is 38.7 Å². The Balaban J connectivity index is 2.24. The molecule has 0 aliphatic heterocycles. The van der Waals surface area contributed by atoms with Crippen molar-refractivity contribution in [2.24, 2.45) is 7.05 Å². The normalized spacial score (nSPS) is 14.8. The molecule has 0 aliphatic carbocycles. The van der Waals surface area contributed by atoms with E-state index in [1.54, 1.807) is 4.68 Å². The Kier molecular flexibility index (Phi) is 5.65. The van der Waals surface area contributed by atoms with Crippen LogP contribution in [0.4, 0.5) is 0 Å². The van der Waals surface area contributed by atoms with Crippen LogP contribution >= 0.6 is 0 Å². The minimum atomic E-state index is -0.587. The van der Waals surface area contributed by atoms with E-state index in [2.05, 4.69) is 17.3 Å². The molecule has 17 heavy (non-hydrogen) atoms. The SMILES string of the molecule is CCCNCCC(C)(O)CCc1cnn(C)c1. The number of aliphatic hydroxyl groups is 1. The molecule has 0 radical (unpaired) electrons. The van der Waals surface area contributed by atoms with E-state index in [1.165, 1.54) is 5.56 Å². The van der Waals surface area contributed by atoms with E-state index in [4.69, 9.17) is 0 Å². The van der Waals surface area contributed by atoms with Crippen LogP contribution < -0.4 is 5.32 Å². The van der Waals surface area contributed by atoms with Gasteiger partial charge < -0.3 is 10.4 Å². The largest absolute Gasteiger partial charge is 0.390 e. The van der Waals surface area contributed by atoms with Crippen molar-refractivity contribution < 1.29 is 5.11 Å². The molecule has 0 bridgehead atoms. The standard InChI is InChI=1S/C13H25N3O/c1-4-8-14-9-7-13(2,17)6-5-12-10-15-16(3)11-12/h10-11,14,17H,4-9H2,1-3H3. The summed E-state index contributed by atoms with van der Waals surface area (Å²) in [6.07, 6.45) is 7.48. The molecular weight excluding hydrogens is 214 g/mol. The first-order valence-corrected chi connectivity index (χ1v) is 6.44. The van der Waals surface area contributed by atoms with Gasteiger partial charge in [-0.25, -0.2) is 0 Å². The maximum atomic E-state index is 10.2. The van der Waals surface area contributed by atoms with Crippen LogP contribution in [0.25, 0.3) is 0 Å². The highest BCUT2D eigenvalue weighted by Crippen LogP contribution is 2.17. The van der Waals surface area contributed by atoms with Crippen LogP contribution in [0, 0.1) is 0 Å².